The third-order valence-electron chi connectivity index (χ3n) is 4.09. The molecule has 2 rings (SSSR count). The van der Waals surface area contributed by atoms with Gasteiger partial charge in [0.2, 0.25) is 0 Å². The van der Waals surface area contributed by atoms with Crippen LogP contribution in [0.25, 0.3) is 0 Å². The van der Waals surface area contributed by atoms with Gasteiger partial charge in [-0.15, -0.1) is 0 Å². The molecule has 0 aliphatic heterocycles. The largest absolute Gasteiger partial charge is 0.376 e. The van der Waals surface area contributed by atoms with E-state index in [4.69, 9.17) is 10.6 Å². The fourth-order valence-corrected chi connectivity index (χ4v) is 3.03. The fourth-order valence-electron chi connectivity index (χ4n) is 3.03. The predicted octanol–water partition coefficient (Wildman–Crippen LogP) is 2.82. The minimum Gasteiger partial charge on any atom is -0.376 e. The molecule has 1 fully saturated rings. The summed E-state index contributed by atoms with van der Waals surface area (Å²) < 4.78 is 33.0. The second-order valence-electron chi connectivity index (χ2n) is 5.07. The van der Waals surface area contributed by atoms with Crippen molar-refractivity contribution < 1.29 is 13.5 Å². The van der Waals surface area contributed by atoms with Gasteiger partial charge in [0, 0.05) is 12.7 Å². The summed E-state index contributed by atoms with van der Waals surface area (Å²) in [6, 6.07) is 3.60. The quantitative estimate of drug-likeness (QED) is 0.653. The Morgan fingerprint density at radius 3 is 2.53 bits per heavy atom. The van der Waals surface area contributed by atoms with Gasteiger partial charge < -0.3 is 4.74 Å². The van der Waals surface area contributed by atoms with Gasteiger partial charge in [0.1, 0.15) is 0 Å². The van der Waals surface area contributed by atoms with Gasteiger partial charge in [0.15, 0.2) is 11.6 Å². The second-order valence-corrected chi connectivity index (χ2v) is 5.07. The minimum absolute atomic E-state index is 0.228. The summed E-state index contributed by atoms with van der Waals surface area (Å²) in [7, 11) is 1.60. The third kappa shape index (κ3) is 2.63. The Hall–Kier alpha value is -1.04. The first-order valence-electron chi connectivity index (χ1n) is 6.60. The van der Waals surface area contributed by atoms with Gasteiger partial charge in [-0.3, -0.25) is 5.84 Å². The van der Waals surface area contributed by atoms with Crippen molar-refractivity contribution in [1.29, 1.82) is 0 Å². The number of ether oxygens (including phenoxy) is 1. The molecule has 0 saturated heterocycles. The van der Waals surface area contributed by atoms with Crippen molar-refractivity contribution in [3.05, 3.63) is 35.4 Å². The summed E-state index contributed by atoms with van der Waals surface area (Å²) in [5.41, 5.74) is 2.28. The first kappa shape index (κ1) is 14.4. The molecule has 5 heteroatoms. The Bertz CT molecular complexity index is 433. The monoisotopic (exact) mass is 270 g/mol. The van der Waals surface area contributed by atoms with Crippen molar-refractivity contribution in [2.45, 2.75) is 43.7 Å². The van der Waals surface area contributed by atoms with E-state index in [1.807, 2.05) is 0 Å². The van der Waals surface area contributed by atoms with Gasteiger partial charge >= 0.3 is 0 Å². The van der Waals surface area contributed by atoms with E-state index in [9.17, 15) is 8.78 Å². The maximum atomic E-state index is 14.0. The number of benzene rings is 1. The first-order chi connectivity index (χ1) is 9.14. The smallest absolute Gasteiger partial charge is 0.163 e. The van der Waals surface area contributed by atoms with Crippen molar-refractivity contribution in [2.24, 2.45) is 5.84 Å². The number of rotatable bonds is 4. The molecule has 19 heavy (non-hydrogen) atoms. The highest BCUT2D eigenvalue weighted by molar-refractivity contribution is 5.25. The molecular weight excluding hydrogens is 250 g/mol. The minimum atomic E-state index is -0.861. The molecule has 0 amide bonds. The first-order valence-corrected chi connectivity index (χ1v) is 6.60. The van der Waals surface area contributed by atoms with Gasteiger partial charge in [0.25, 0.3) is 0 Å². The summed E-state index contributed by atoms with van der Waals surface area (Å²) in [6.45, 7) is 0. The molecule has 1 unspecified atom stereocenters. The maximum Gasteiger partial charge on any atom is 0.163 e. The van der Waals surface area contributed by atoms with E-state index in [0.717, 1.165) is 38.2 Å². The molecule has 0 heterocycles. The zero-order valence-corrected chi connectivity index (χ0v) is 11.1. The molecule has 0 radical (unpaired) electrons. The van der Waals surface area contributed by atoms with Crippen LogP contribution < -0.4 is 11.3 Å². The summed E-state index contributed by atoms with van der Waals surface area (Å²) in [5, 5.41) is 0. The van der Waals surface area contributed by atoms with Crippen LogP contribution in [0.2, 0.25) is 0 Å². The van der Waals surface area contributed by atoms with Crippen LogP contribution in [0.3, 0.4) is 0 Å². The zero-order chi connectivity index (χ0) is 13.9. The average molecular weight is 270 g/mol. The third-order valence-corrected chi connectivity index (χ3v) is 4.09. The van der Waals surface area contributed by atoms with Crippen molar-refractivity contribution in [3.63, 3.8) is 0 Å². The summed E-state index contributed by atoms with van der Waals surface area (Å²) in [6.07, 6.45) is 4.71. The van der Waals surface area contributed by atoms with Gasteiger partial charge in [-0.2, -0.15) is 0 Å². The topological polar surface area (TPSA) is 47.3 Å². The molecule has 1 atom stereocenters. The molecule has 3 nitrogen and oxygen atoms in total. The van der Waals surface area contributed by atoms with Crippen LogP contribution in [0.4, 0.5) is 8.78 Å². The SMILES string of the molecule is COC1(C(NN)c2cccc(F)c2F)CCCCC1. The van der Waals surface area contributed by atoms with Crippen LogP contribution in [0.1, 0.15) is 43.7 Å². The number of hydrazine groups is 1. The lowest BCUT2D eigenvalue weighted by molar-refractivity contribution is -0.0697. The Morgan fingerprint density at radius 1 is 1.26 bits per heavy atom. The van der Waals surface area contributed by atoms with E-state index in [-0.39, 0.29) is 5.56 Å². The molecular formula is C14H20F2N2O. The summed E-state index contributed by atoms with van der Waals surface area (Å²) in [5.74, 6) is 3.88. The maximum absolute atomic E-state index is 14.0. The van der Waals surface area contributed by atoms with Crippen molar-refractivity contribution in [1.82, 2.24) is 5.43 Å². The van der Waals surface area contributed by atoms with E-state index in [0.29, 0.717) is 0 Å². The summed E-state index contributed by atoms with van der Waals surface area (Å²) in [4.78, 5) is 0. The number of nitrogens with one attached hydrogen (secondary N) is 1. The van der Waals surface area contributed by atoms with Crippen molar-refractivity contribution >= 4 is 0 Å². The lowest BCUT2D eigenvalue weighted by atomic mass is 9.76. The highest BCUT2D eigenvalue weighted by Crippen LogP contribution is 2.41. The predicted molar refractivity (Wildman–Crippen MR) is 69.2 cm³/mol. The van der Waals surface area contributed by atoms with E-state index < -0.39 is 23.3 Å². The molecule has 106 valence electrons. The fraction of sp³-hybridized carbons (Fsp3) is 0.571. The molecule has 1 aliphatic rings. The molecule has 1 aliphatic carbocycles. The van der Waals surface area contributed by atoms with Crippen molar-refractivity contribution in [2.75, 3.05) is 7.11 Å². The highest BCUT2D eigenvalue weighted by Gasteiger charge is 2.41. The van der Waals surface area contributed by atoms with Gasteiger partial charge in [-0.1, -0.05) is 31.4 Å². The Balaban J connectivity index is 2.40. The second kappa shape index (κ2) is 5.94. The molecule has 1 aromatic carbocycles. The Kier molecular flexibility index (Phi) is 4.50. The number of halogens is 2. The molecule has 1 saturated carbocycles. The number of hydrogen-bond acceptors (Lipinski definition) is 3. The van der Waals surface area contributed by atoms with Crippen LogP contribution in [-0.2, 0) is 4.74 Å². The van der Waals surface area contributed by atoms with Gasteiger partial charge in [0.05, 0.1) is 11.6 Å². The van der Waals surface area contributed by atoms with Crippen LogP contribution >= 0.6 is 0 Å². The zero-order valence-electron chi connectivity index (χ0n) is 11.1. The number of nitrogens with two attached hydrogens (primary N) is 1. The summed E-state index contributed by atoms with van der Waals surface area (Å²) >= 11 is 0. The Labute approximate surface area is 112 Å². The average Bonchev–Trinajstić information content (AvgIpc) is 2.45. The van der Waals surface area contributed by atoms with Crippen LogP contribution in [0, 0.1) is 11.6 Å². The molecule has 1 aromatic rings. The Morgan fingerprint density at radius 2 is 1.95 bits per heavy atom. The van der Waals surface area contributed by atoms with Crippen molar-refractivity contribution in [3.8, 4) is 0 Å². The highest BCUT2D eigenvalue weighted by atomic mass is 19.2. The number of hydrogen-bond donors (Lipinski definition) is 2. The van der Waals surface area contributed by atoms with Crippen LogP contribution in [0.15, 0.2) is 18.2 Å². The lowest BCUT2D eigenvalue weighted by Crippen LogP contribution is -2.49. The van der Waals surface area contributed by atoms with E-state index in [1.54, 1.807) is 13.2 Å². The van der Waals surface area contributed by atoms with Gasteiger partial charge in [-0.25, -0.2) is 14.2 Å². The molecule has 0 aromatic heterocycles. The molecule has 0 spiro atoms. The van der Waals surface area contributed by atoms with Gasteiger partial charge in [-0.05, 0) is 18.9 Å². The van der Waals surface area contributed by atoms with Crippen LogP contribution in [-0.4, -0.2) is 12.7 Å². The lowest BCUT2D eigenvalue weighted by Gasteiger charge is -2.42. The molecule has 3 N–H and O–H groups in total. The van der Waals surface area contributed by atoms with E-state index in [2.05, 4.69) is 5.43 Å². The normalized spacial score (nSPS) is 20.2. The standard InChI is InChI=1S/C14H20F2N2O/c1-19-14(8-3-2-4-9-14)13(18-17)10-6-5-7-11(15)12(10)16/h5-7,13,18H,2-4,8-9,17H2,1H3. The van der Waals surface area contributed by atoms with E-state index in [1.165, 1.54) is 6.07 Å². The molecule has 0 bridgehead atoms. The van der Waals surface area contributed by atoms with E-state index >= 15 is 0 Å². The van der Waals surface area contributed by atoms with Crippen LogP contribution in [0.5, 0.6) is 0 Å². The number of methoxy groups -OCH3 is 1.